The third kappa shape index (κ3) is 4.90. The standard InChI is InChI=1S/C36H34FN3O7Si/c1-22-33(48(2,3)37)32(18-19-41)47-36(22)27-20-25(40(44)45)16-17-28(27)38(35(36)43)21-23-12-14-24(15-13-23)39-29-9-5-7-11-31(29)46-30-10-6-4-8-26(30)34(39)42/h4-17,20,22,32-33,41H,18-19,21H2,1-3H3/t22-,32+,33-,36+/m0/s1. The normalized spacial score (nSPS) is 23.1. The van der Waals surface area contributed by atoms with Crippen LogP contribution in [0.1, 0.15) is 34.8 Å². The van der Waals surface area contributed by atoms with E-state index in [4.69, 9.17) is 9.47 Å². The Morgan fingerprint density at radius 1 is 0.958 bits per heavy atom. The zero-order valence-electron chi connectivity index (χ0n) is 26.6. The lowest BCUT2D eigenvalue weighted by atomic mass is 9.82. The van der Waals surface area contributed by atoms with E-state index >= 15 is 4.11 Å². The van der Waals surface area contributed by atoms with Crippen LogP contribution in [0.3, 0.4) is 0 Å². The minimum atomic E-state index is -3.42. The van der Waals surface area contributed by atoms with E-state index in [2.05, 4.69) is 0 Å². The van der Waals surface area contributed by atoms with Crippen LogP contribution < -0.4 is 14.5 Å². The molecule has 1 N–H and O–H groups in total. The van der Waals surface area contributed by atoms with Gasteiger partial charge in [-0.3, -0.25) is 24.6 Å². The van der Waals surface area contributed by atoms with E-state index in [0.717, 1.165) is 5.56 Å². The van der Waals surface area contributed by atoms with Crippen molar-refractivity contribution in [2.45, 2.75) is 50.2 Å². The number of fused-ring (bicyclic) bond motifs is 4. The molecular weight excluding hydrogens is 633 g/mol. The van der Waals surface area contributed by atoms with E-state index in [9.17, 15) is 24.8 Å². The molecule has 4 atom stereocenters. The summed E-state index contributed by atoms with van der Waals surface area (Å²) in [7, 11) is -3.42. The molecule has 48 heavy (non-hydrogen) atoms. The van der Waals surface area contributed by atoms with Crippen molar-refractivity contribution in [2.24, 2.45) is 5.92 Å². The molecule has 7 rings (SSSR count). The Hall–Kier alpha value is -4.91. The predicted octanol–water partition coefficient (Wildman–Crippen LogP) is 7.38. The minimum absolute atomic E-state index is 0.101. The molecule has 4 aromatic carbocycles. The van der Waals surface area contributed by atoms with Crippen LogP contribution >= 0.6 is 0 Å². The Labute approximate surface area is 277 Å². The average Bonchev–Trinajstić information content (AvgIpc) is 3.43. The van der Waals surface area contributed by atoms with Gasteiger partial charge < -0.3 is 23.6 Å². The maximum absolute atomic E-state index is 15.8. The van der Waals surface area contributed by atoms with E-state index < -0.39 is 42.4 Å². The molecular formula is C36H34FN3O7Si. The molecule has 4 aromatic rings. The first kappa shape index (κ1) is 31.7. The van der Waals surface area contributed by atoms with Crippen molar-refractivity contribution in [2.75, 3.05) is 16.4 Å². The third-order valence-electron chi connectivity index (χ3n) is 9.75. The quantitative estimate of drug-likeness (QED) is 0.0944. The van der Waals surface area contributed by atoms with Gasteiger partial charge >= 0.3 is 0 Å². The molecule has 1 saturated heterocycles. The van der Waals surface area contributed by atoms with Gasteiger partial charge in [0.25, 0.3) is 17.5 Å². The van der Waals surface area contributed by atoms with E-state index in [1.54, 1.807) is 67.4 Å². The molecule has 0 saturated carbocycles. The fourth-order valence-electron chi connectivity index (χ4n) is 7.70. The number of ether oxygens (including phenoxy) is 2. The topological polar surface area (TPSA) is 122 Å². The van der Waals surface area contributed by atoms with Gasteiger partial charge in [0.05, 0.1) is 34.5 Å². The Kier molecular flexibility index (Phi) is 7.69. The summed E-state index contributed by atoms with van der Waals surface area (Å²) in [6.45, 7) is 4.75. The molecule has 2 amide bonds. The maximum Gasteiger partial charge on any atom is 0.269 e. The first-order valence-corrected chi connectivity index (χ1v) is 18.8. The minimum Gasteiger partial charge on any atom is -0.454 e. The molecule has 246 valence electrons. The number of aliphatic hydroxyl groups excluding tert-OH is 1. The number of aliphatic hydroxyl groups is 1. The highest BCUT2D eigenvalue weighted by atomic mass is 28.4. The van der Waals surface area contributed by atoms with Crippen LogP contribution in [0.2, 0.25) is 18.6 Å². The molecule has 0 aromatic heterocycles. The van der Waals surface area contributed by atoms with Crippen molar-refractivity contribution < 1.29 is 33.2 Å². The summed E-state index contributed by atoms with van der Waals surface area (Å²) in [5, 5.41) is 21.6. The molecule has 10 nitrogen and oxygen atoms in total. The Morgan fingerprint density at radius 3 is 2.33 bits per heavy atom. The van der Waals surface area contributed by atoms with Gasteiger partial charge in [0.2, 0.25) is 8.41 Å². The summed E-state index contributed by atoms with van der Waals surface area (Å²) in [6.07, 6.45) is -0.584. The zero-order chi connectivity index (χ0) is 34.0. The number of amides is 2. The van der Waals surface area contributed by atoms with E-state index in [1.165, 1.54) is 17.0 Å². The van der Waals surface area contributed by atoms with E-state index in [-0.39, 0.29) is 31.2 Å². The van der Waals surface area contributed by atoms with Crippen molar-refractivity contribution in [1.82, 2.24) is 0 Å². The number of para-hydroxylation sites is 3. The molecule has 0 bridgehead atoms. The Morgan fingerprint density at radius 2 is 1.65 bits per heavy atom. The van der Waals surface area contributed by atoms with Gasteiger partial charge in [-0.1, -0.05) is 43.3 Å². The monoisotopic (exact) mass is 667 g/mol. The molecule has 3 aliphatic rings. The first-order chi connectivity index (χ1) is 23.0. The number of anilines is 3. The number of non-ortho nitro benzene ring substituents is 1. The second kappa shape index (κ2) is 11.7. The van der Waals surface area contributed by atoms with Gasteiger partial charge in [-0.25, -0.2) is 0 Å². The maximum atomic E-state index is 15.8. The summed E-state index contributed by atoms with van der Waals surface area (Å²) in [6, 6.07) is 25.8. The fraction of sp³-hybridized carbons (Fsp3) is 0.278. The van der Waals surface area contributed by atoms with Crippen LogP contribution in [0.4, 0.5) is 26.9 Å². The number of nitro benzene ring substituents is 1. The summed E-state index contributed by atoms with van der Waals surface area (Å²) < 4.78 is 28.4. The number of hydrogen-bond donors (Lipinski definition) is 1. The van der Waals surface area contributed by atoms with Crippen molar-refractivity contribution in [3.05, 3.63) is 118 Å². The molecule has 0 radical (unpaired) electrons. The predicted molar refractivity (Wildman–Crippen MR) is 180 cm³/mol. The Balaban J connectivity index is 1.25. The number of halogens is 1. The molecule has 1 spiro atoms. The van der Waals surface area contributed by atoms with Gasteiger partial charge in [-0.2, -0.15) is 0 Å². The van der Waals surface area contributed by atoms with Crippen molar-refractivity contribution in [3.8, 4) is 11.5 Å². The van der Waals surface area contributed by atoms with Crippen molar-refractivity contribution in [3.63, 3.8) is 0 Å². The van der Waals surface area contributed by atoms with Crippen LogP contribution in [0.25, 0.3) is 0 Å². The lowest BCUT2D eigenvalue weighted by Crippen LogP contribution is -2.45. The highest BCUT2D eigenvalue weighted by Crippen LogP contribution is 2.60. The van der Waals surface area contributed by atoms with Gasteiger partial charge in [-0.15, -0.1) is 0 Å². The second-order valence-corrected chi connectivity index (χ2v) is 16.8. The molecule has 1 fully saturated rings. The summed E-state index contributed by atoms with van der Waals surface area (Å²) in [4.78, 5) is 42.8. The molecule has 0 aliphatic carbocycles. The molecule has 3 heterocycles. The number of hydrogen-bond acceptors (Lipinski definition) is 7. The molecule has 12 heteroatoms. The van der Waals surface area contributed by atoms with Gasteiger partial charge in [0.1, 0.15) is 5.75 Å². The van der Waals surface area contributed by atoms with Crippen LogP contribution in [0.15, 0.2) is 91.0 Å². The van der Waals surface area contributed by atoms with Crippen LogP contribution in [0.5, 0.6) is 11.5 Å². The SMILES string of the molecule is C[C@H]1[C@H]([Si](C)(C)F)[C@@H](CCO)O[C@]12C(=O)N(Cc1ccc(N3C(=O)c4ccccc4Oc4ccccc43)cc1)c1ccc([N+](=O)[O-])cc12. The first-order valence-electron chi connectivity index (χ1n) is 15.8. The molecule has 0 unspecified atom stereocenters. The van der Waals surface area contributed by atoms with Crippen molar-refractivity contribution in [1.29, 1.82) is 0 Å². The number of benzene rings is 4. The third-order valence-corrected chi connectivity index (χ3v) is 12.2. The van der Waals surface area contributed by atoms with Crippen LogP contribution in [0, 0.1) is 16.0 Å². The van der Waals surface area contributed by atoms with E-state index in [0.29, 0.717) is 39.7 Å². The van der Waals surface area contributed by atoms with Crippen molar-refractivity contribution >= 4 is 43.0 Å². The van der Waals surface area contributed by atoms with E-state index in [1.807, 2.05) is 36.4 Å². The average molecular weight is 668 g/mol. The zero-order valence-corrected chi connectivity index (χ0v) is 27.6. The van der Waals surface area contributed by atoms with Crippen LogP contribution in [-0.4, -0.2) is 43.0 Å². The van der Waals surface area contributed by atoms with Gasteiger partial charge in [0.15, 0.2) is 11.4 Å². The summed E-state index contributed by atoms with van der Waals surface area (Å²) >= 11 is 0. The summed E-state index contributed by atoms with van der Waals surface area (Å²) in [5.74, 6) is -0.333. The smallest absolute Gasteiger partial charge is 0.269 e. The van der Waals surface area contributed by atoms with Gasteiger partial charge in [-0.05, 0) is 67.5 Å². The number of nitro groups is 1. The Bertz CT molecular complexity index is 1950. The number of carbonyl (C=O) groups excluding carboxylic acids is 2. The summed E-state index contributed by atoms with van der Waals surface area (Å²) in [5.41, 5.74) is 0.644. The van der Waals surface area contributed by atoms with Gasteiger partial charge in [0, 0.05) is 41.4 Å². The number of nitrogens with zero attached hydrogens (tertiary/aromatic N) is 3. The highest BCUT2D eigenvalue weighted by Gasteiger charge is 2.66. The molecule has 3 aliphatic heterocycles. The lowest BCUT2D eigenvalue weighted by Gasteiger charge is -2.31. The fourth-order valence-corrected chi connectivity index (χ4v) is 10.2. The number of rotatable bonds is 7. The van der Waals surface area contributed by atoms with Crippen LogP contribution in [-0.2, 0) is 21.7 Å². The second-order valence-electron chi connectivity index (χ2n) is 13.0. The largest absolute Gasteiger partial charge is 0.454 e. The lowest BCUT2D eigenvalue weighted by molar-refractivity contribution is -0.385. The number of carbonyl (C=O) groups is 2. The highest BCUT2D eigenvalue weighted by molar-refractivity contribution is 6.72.